The number of carbonyl (C=O) groups is 3. The van der Waals surface area contributed by atoms with Crippen molar-refractivity contribution >= 4 is 17.8 Å². The van der Waals surface area contributed by atoms with E-state index in [1.165, 1.54) is 19.3 Å². The highest BCUT2D eigenvalue weighted by molar-refractivity contribution is 5.95. The third-order valence-corrected chi connectivity index (χ3v) is 6.07. The van der Waals surface area contributed by atoms with E-state index in [1.54, 1.807) is 11.9 Å². The average Bonchev–Trinajstić information content (AvgIpc) is 2.50. The first-order chi connectivity index (χ1) is 12.4. The minimum Gasteiger partial charge on any atom is -0.355 e. The van der Waals surface area contributed by atoms with Crippen molar-refractivity contribution in [2.75, 3.05) is 26.7 Å². The molecule has 4 saturated carbocycles. The van der Waals surface area contributed by atoms with Crippen LogP contribution < -0.4 is 16.0 Å². The molecule has 0 aliphatic heterocycles. The van der Waals surface area contributed by atoms with Crippen LogP contribution in [0.4, 0.5) is 4.79 Å². The fourth-order valence-electron chi connectivity index (χ4n) is 5.57. The standard InChI is InChI=1S/C19H32N4O3/c1-3-4-20-16(24)11-23(2)12-17(25)21-18(26)22-19-8-13-5-14(9-19)7-15(6-13)10-19/h13-15H,3-12H2,1-2H3,(H,20,24)(H2,21,22,25,26). The SMILES string of the molecule is CCCNC(=O)CN(C)CC(=O)NC(=O)NC12CC3CC(CC(C3)C1)C2. The Labute approximate surface area is 155 Å². The van der Waals surface area contributed by atoms with Gasteiger partial charge in [0.15, 0.2) is 0 Å². The summed E-state index contributed by atoms with van der Waals surface area (Å²) < 4.78 is 0. The molecule has 3 N–H and O–H groups in total. The summed E-state index contributed by atoms with van der Waals surface area (Å²) in [4.78, 5) is 37.7. The predicted molar refractivity (Wildman–Crippen MR) is 98.4 cm³/mol. The maximum absolute atomic E-state index is 12.3. The molecular formula is C19H32N4O3. The van der Waals surface area contributed by atoms with Crippen LogP contribution in [0.25, 0.3) is 0 Å². The topological polar surface area (TPSA) is 90.5 Å². The van der Waals surface area contributed by atoms with Crippen LogP contribution >= 0.6 is 0 Å². The van der Waals surface area contributed by atoms with Crippen LogP contribution in [-0.2, 0) is 9.59 Å². The summed E-state index contributed by atoms with van der Waals surface area (Å²) in [5.74, 6) is 1.73. The molecule has 7 nitrogen and oxygen atoms in total. The minimum absolute atomic E-state index is 0.0217. The lowest BCUT2D eigenvalue weighted by Gasteiger charge is -2.56. The van der Waals surface area contributed by atoms with E-state index >= 15 is 0 Å². The summed E-state index contributed by atoms with van der Waals surface area (Å²) in [5.41, 5.74) is -0.106. The fraction of sp³-hybridized carbons (Fsp3) is 0.842. The van der Waals surface area contributed by atoms with Gasteiger partial charge in [0, 0.05) is 12.1 Å². The molecular weight excluding hydrogens is 332 g/mol. The molecule has 0 heterocycles. The van der Waals surface area contributed by atoms with Gasteiger partial charge in [0.25, 0.3) is 0 Å². The maximum Gasteiger partial charge on any atom is 0.321 e. The third-order valence-electron chi connectivity index (χ3n) is 6.07. The van der Waals surface area contributed by atoms with Crippen molar-refractivity contribution in [1.82, 2.24) is 20.9 Å². The van der Waals surface area contributed by atoms with Crippen molar-refractivity contribution in [3.8, 4) is 0 Å². The van der Waals surface area contributed by atoms with Gasteiger partial charge < -0.3 is 10.6 Å². The first kappa shape index (κ1) is 19.1. The van der Waals surface area contributed by atoms with Gasteiger partial charge in [-0.25, -0.2) is 4.79 Å². The Hall–Kier alpha value is -1.63. The van der Waals surface area contributed by atoms with Crippen molar-refractivity contribution in [3.05, 3.63) is 0 Å². The molecule has 0 unspecified atom stereocenters. The van der Waals surface area contributed by atoms with Gasteiger partial charge in [-0.1, -0.05) is 6.92 Å². The zero-order valence-electron chi connectivity index (χ0n) is 16.0. The predicted octanol–water partition coefficient (Wildman–Crippen LogP) is 1.24. The number of nitrogens with one attached hydrogen (secondary N) is 3. The van der Waals surface area contributed by atoms with E-state index in [1.807, 2.05) is 6.92 Å². The van der Waals surface area contributed by atoms with Crippen LogP contribution in [0.2, 0.25) is 0 Å². The smallest absolute Gasteiger partial charge is 0.321 e. The van der Waals surface area contributed by atoms with Crippen molar-refractivity contribution in [3.63, 3.8) is 0 Å². The van der Waals surface area contributed by atoms with E-state index in [0.29, 0.717) is 6.54 Å². The zero-order valence-corrected chi connectivity index (χ0v) is 16.0. The number of nitrogens with zero attached hydrogens (tertiary/aromatic N) is 1. The quantitative estimate of drug-likeness (QED) is 0.634. The number of rotatable bonds is 7. The molecule has 0 saturated heterocycles. The highest BCUT2D eigenvalue weighted by atomic mass is 16.2. The van der Waals surface area contributed by atoms with Gasteiger partial charge in [0.2, 0.25) is 11.8 Å². The van der Waals surface area contributed by atoms with Crippen LogP contribution in [0.15, 0.2) is 0 Å². The van der Waals surface area contributed by atoms with Crippen molar-refractivity contribution in [2.24, 2.45) is 17.8 Å². The average molecular weight is 364 g/mol. The molecule has 0 radical (unpaired) electrons. The molecule has 0 aromatic carbocycles. The Kier molecular flexibility index (Phi) is 5.85. The Balaban J connectivity index is 1.42. The molecule has 4 fully saturated rings. The van der Waals surface area contributed by atoms with E-state index < -0.39 is 0 Å². The van der Waals surface area contributed by atoms with Gasteiger partial charge in [0.1, 0.15) is 0 Å². The molecule has 4 amide bonds. The molecule has 4 rings (SSSR count). The Morgan fingerprint density at radius 1 is 0.962 bits per heavy atom. The van der Waals surface area contributed by atoms with Gasteiger partial charge in [-0.15, -0.1) is 0 Å². The van der Waals surface area contributed by atoms with E-state index in [2.05, 4.69) is 16.0 Å². The van der Waals surface area contributed by atoms with Gasteiger partial charge in [0.05, 0.1) is 13.1 Å². The second-order valence-electron chi connectivity index (χ2n) is 8.72. The number of hydrogen-bond acceptors (Lipinski definition) is 4. The number of likely N-dealkylation sites (N-methyl/N-ethyl adjacent to an activating group) is 1. The summed E-state index contributed by atoms with van der Waals surface area (Å²) in [7, 11) is 1.70. The molecule has 146 valence electrons. The molecule has 0 aromatic rings. The lowest BCUT2D eigenvalue weighted by Crippen LogP contribution is -2.62. The van der Waals surface area contributed by atoms with Gasteiger partial charge in [-0.05, 0) is 69.7 Å². The summed E-state index contributed by atoms with van der Waals surface area (Å²) in [6.07, 6.45) is 7.97. The first-order valence-corrected chi connectivity index (χ1v) is 9.94. The molecule has 0 aromatic heterocycles. The van der Waals surface area contributed by atoms with Gasteiger partial charge in [-0.3, -0.25) is 19.8 Å². The fourth-order valence-corrected chi connectivity index (χ4v) is 5.57. The maximum atomic E-state index is 12.3. The number of hydrogen-bond donors (Lipinski definition) is 3. The highest BCUT2D eigenvalue weighted by Gasteiger charge is 2.51. The van der Waals surface area contributed by atoms with E-state index in [4.69, 9.17) is 0 Å². The highest BCUT2D eigenvalue weighted by Crippen LogP contribution is 2.55. The number of urea groups is 1. The first-order valence-electron chi connectivity index (χ1n) is 9.94. The largest absolute Gasteiger partial charge is 0.355 e. The van der Waals surface area contributed by atoms with E-state index in [0.717, 1.165) is 43.4 Å². The summed E-state index contributed by atoms with van der Waals surface area (Å²) in [6, 6.07) is -0.388. The molecule has 7 heteroatoms. The van der Waals surface area contributed by atoms with E-state index in [9.17, 15) is 14.4 Å². The van der Waals surface area contributed by atoms with Crippen LogP contribution in [0.5, 0.6) is 0 Å². The van der Waals surface area contributed by atoms with Crippen molar-refractivity contribution in [1.29, 1.82) is 0 Å². The molecule has 0 spiro atoms. The van der Waals surface area contributed by atoms with Gasteiger partial charge in [-0.2, -0.15) is 0 Å². The van der Waals surface area contributed by atoms with Crippen LogP contribution in [-0.4, -0.2) is 55.0 Å². The van der Waals surface area contributed by atoms with Gasteiger partial charge >= 0.3 is 6.03 Å². The molecule has 0 atom stereocenters. The number of imide groups is 1. The second-order valence-corrected chi connectivity index (χ2v) is 8.72. The minimum atomic E-state index is -0.388. The monoisotopic (exact) mass is 364 g/mol. The van der Waals surface area contributed by atoms with Crippen LogP contribution in [0.3, 0.4) is 0 Å². The third kappa shape index (κ3) is 4.75. The lowest BCUT2D eigenvalue weighted by atomic mass is 9.53. The molecule has 4 bridgehead atoms. The summed E-state index contributed by atoms with van der Waals surface area (Å²) in [6.45, 7) is 2.78. The van der Waals surface area contributed by atoms with Crippen LogP contribution in [0.1, 0.15) is 51.9 Å². The zero-order chi connectivity index (χ0) is 18.7. The second kappa shape index (κ2) is 7.94. The van der Waals surface area contributed by atoms with Crippen molar-refractivity contribution < 1.29 is 14.4 Å². The summed E-state index contributed by atoms with van der Waals surface area (Å²) in [5, 5.41) is 8.34. The van der Waals surface area contributed by atoms with Crippen molar-refractivity contribution in [2.45, 2.75) is 57.4 Å². The summed E-state index contributed by atoms with van der Waals surface area (Å²) >= 11 is 0. The molecule has 4 aliphatic rings. The molecule has 4 aliphatic carbocycles. The Morgan fingerprint density at radius 3 is 2.04 bits per heavy atom. The lowest BCUT2D eigenvalue weighted by molar-refractivity contribution is -0.124. The van der Waals surface area contributed by atoms with Crippen LogP contribution in [0, 0.1) is 17.8 Å². The Morgan fingerprint density at radius 2 is 1.50 bits per heavy atom. The molecule has 26 heavy (non-hydrogen) atoms. The van der Waals surface area contributed by atoms with E-state index in [-0.39, 0.29) is 36.5 Å². The number of amides is 4. The Bertz CT molecular complexity index is 528. The normalized spacial score (nSPS) is 31.7. The number of carbonyl (C=O) groups excluding carboxylic acids is 3.